The first-order valence-electron chi connectivity index (χ1n) is 9.74. The second kappa shape index (κ2) is 8.19. The summed E-state index contributed by atoms with van der Waals surface area (Å²) < 4.78 is 5.38. The van der Waals surface area contributed by atoms with E-state index in [9.17, 15) is 9.90 Å². The Bertz CT molecular complexity index is 756. The van der Waals surface area contributed by atoms with Gasteiger partial charge >= 0.3 is 0 Å². The minimum absolute atomic E-state index is 0.120. The van der Waals surface area contributed by atoms with Gasteiger partial charge in [-0.15, -0.1) is 0 Å². The number of carbonyl (C=O) groups is 1. The van der Waals surface area contributed by atoms with Crippen molar-refractivity contribution < 1.29 is 14.4 Å². The molecule has 0 radical (unpaired) electrons. The third-order valence-corrected chi connectivity index (χ3v) is 5.57. The molecular formula is C20H26N4O3. The molecule has 27 heavy (non-hydrogen) atoms. The standard InChI is InChI=1S/C20H26N4O3/c25-17-5-10-24(11-6-17)20(26)19-12-18(22-27-19)16-2-1-9-23(14-16)13-15-3-7-21-8-4-15/h3-4,7-8,12,16-17,25H,1-2,5-6,9-11,13-14H2/t16-/m0/s1. The molecule has 7 nitrogen and oxygen atoms in total. The Balaban J connectivity index is 1.38. The van der Waals surface area contributed by atoms with Gasteiger partial charge in [-0.25, -0.2) is 0 Å². The zero-order valence-corrected chi connectivity index (χ0v) is 15.5. The molecule has 0 saturated carbocycles. The maximum Gasteiger partial charge on any atom is 0.292 e. The average Bonchev–Trinajstić information content (AvgIpc) is 3.19. The monoisotopic (exact) mass is 370 g/mol. The highest BCUT2D eigenvalue weighted by Crippen LogP contribution is 2.28. The fourth-order valence-electron chi connectivity index (χ4n) is 3.99. The Morgan fingerprint density at radius 3 is 2.74 bits per heavy atom. The van der Waals surface area contributed by atoms with Crippen molar-refractivity contribution in [2.45, 2.75) is 44.2 Å². The van der Waals surface area contributed by atoms with E-state index in [1.165, 1.54) is 5.56 Å². The first kappa shape index (κ1) is 18.1. The van der Waals surface area contributed by atoms with Crippen molar-refractivity contribution in [2.75, 3.05) is 26.2 Å². The van der Waals surface area contributed by atoms with Crippen LogP contribution in [0.4, 0.5) is 0 Å². The summed E-state index contributed by atoms with van der Waals surface area (Å²) in [7, 11) is 0. The van der Waals surface area contributed by atoms with E-state index in [-0.39, 0.29) is 17.9 Å². The molecule has 1 atom stereocenters. The maximum absolute atomic E-state index is 12.6. The number of piperidine rings is 2. The van der Waals surface area contributed by atoms with Crippen LogP contribution >= 0.6 is 0 Å². The lowest BCUT2D eigenvalue weighted by Crippen LogP contribution is -2.39. The molecule has 2 aromatic rings. The summed E-state index contributed by atoms with van der Waals surface area (Å²) in [6, 6.07) is 5.91. The number of nitrogens with zero attached hydrogens (tertiary/aromatic N) is 4. The molecule has 0 spiro atoms. The summed E-state index contributed by atoms with van der Waals surface area (Å²) >= 11 is 0. The summed E-state index contributed by atoms with van der Waals surface area (Å²) in [5.74, 6) is 0.479. The first-order chi connectivity index (χ1) is 13.2. The Hall–Kier alpha value is -2.25. The summed E-state index contributed by atoms with van der Waals surface area (Å²) in [6.07, 6.45) is 6.77. The minimum atomic E-state index is -0.298. The molecule has 0 aliphatic carbocycles. The van der Waals surface area contributed by atoms with Crippen molar-refractivity contribution in [3.8, 4) is 0 Å². The lowest BCUT2D eigenvalue weighted by Gasteiger charge is -2.31. The fourth-order valence-corrected chi connectivity index (χ4v) is 3.99. The van der Waals surface area contributed by atoms with Crippen LogP contribution in [0.3, 0.4) is 0 Å². The number of hydrogen-bond donors (Lipinski definition) is 1. The molecule has 0 aromatic carbocycles. The molecule has 7 heteroatoms. The van der Waals surface area contributed by atoms with Gasteiger partial charge in [0.1, 0.15) is 0 Å². The molecule has 1 amide bonds. The number of aromatic nitrogens is 2. The summed E-state index contributed by atoms with van der Waals surface area (Å²) in [6.45, 7) is 4.02. The van der Waals surface area contributed by atoms with Crippen molar-refractivity contribution in [3.05, 3.63) is 47.6 Å². The Morgan fingerprint density at radius 1 is 1.19 bits per heavy atom. The molecule has 1 N–H and O–H groups in total. The molecule has 2 aliphatic rings. The number of rotatable bonds is 4. The van der Waals surface area contributed by atoms with Crippen LogP contribution in [0.5, 0.6) is 0 Å². The molecular weight excluding hydrogens is 344 g/mol. The molecule has 0 unspecified atom stereocenters. The highest BCUT2D eigenvalue weighted by Gasteiger charge is 2.28. The summed E-state index contributed by atoms with van der Waals surface area (Å²) in [4.78, 5) is 20.8. The number of amides is 1. The number of aliphatic hydroxyl groups excluding tert-OH is 1. The van der Waals surface area contributed by atoms with Gasteiger partial charge in [0.15, 0.2) is 0 Å². The lowest BCUT2D eigenvalue weighted by molar-refractivity contribution is 0.0512. The number of aliphatic hydroxyl groups is 1. The van der Waals surface area contributed by atoms with Crippen LogP contribution in [0.2, 0.25) is 0 Å². The van der Waals surface area contributed by atoms with Crippen LogP contribution in [0.25, 0.3) is 0 Å². The molecule has 144 valence electrons. The minimum Gasteiger partial charge on any atom is -0.393 e. The lowest BCUT2D eigenvalue weighted by atomic mass is 9.94. The number of carbonyl (C=O) groups excluding carboxylic acids is 1. The predicted octanol–water partition coefficient (Wildman–Crippen LogP) is 2.05. The molecule has 4 rings (SSSR count). The van der Waals surface area contributed by atoms with E-state index in [1.54, 1.807) is 4.90 Å². The molecule has 4 heterocycles. The maximum atomic E-state index is 12.6. The molecule has 2 aromatic heterocycles. The summed E-state index contributed by atoms with van der Waals surface area (Å²) in [5, 5.41) is 13.8. The van der Waals surface area contributed by atoms with Gasteiger partial charge < -0.3 is 14.5 Å². The van der Waals surface area contributed by atoms with Crippen molar-refractivity contribution in [2.24, 2.45) is 0 Å². The summed E-state index contributed by atoms with van der Waals surface area (Å²) in [5.41, 5.74) is 2.13. The quantitative estimate of drug-likeness (QED) is 0.887. The van der Waals surface area contributed by atoms with Gasteiger partial charge in [0, 0.05) is 50.6 Å². The van der Waals surface area contributed by atoms with Crippen molar-refractivity contribution in [1.29, 1.82) is 0 Å². The highest BCUT2D eigenvalue weighted by molar-refractivity contribution is 5.91. The highest BCUT2D eigenvalue weighted by atomic mass is 16.5. The van der Waals surface area contributed by atoms with Crippen LogP contribution in [0.1, 0.15) is 53.4 Å². The van der Waals surface area contributed by atoms with Gasteiger partial charge in [0.05, 0.1) is 11.8 Å². The van der Waals surface area contributed by atoms with Crippen LogP contribution in [0, 0.1) is 0 Å². The van der Waals surface area contributed by atoms with Gasteiger partial charge in [0.2, 0.25) is 5.76 Å². The predicted molar refractivity (Wildman–Crippen MR) is 99.1 cm³/mol. The second-order valence-electron chi connectivity index (χ2n) is 7.57. The molecule has 0 bridgehead atoms. The normalized spacial score (nSPS) is 22.1. The first-order valence-corrected chi connectivity index (χ1v) is 9.74. The van der Waals surface area contributed by atoms with Gasteiger partial charge in [0.25, 0.3) is 5.91 Å². The largest absolute Gasteiger partial charge is 0.393 e. The van der Waals surface area contributed by atoms with E-state index in [4.69, 9.17) is 4.52 Å². The van der Waals surface area contributed by atoms with Gasteiger partial charge in [-0.05, 0) is 49.9 Å². The number of pyridine rings is 1. The van der Waals surface area contributed by atoms with Crippen LogP contribution in [-0.2, 0) is 6.54 Å². The number of likely N-dealkylation sites (tertiary alicyclic amines) is 2. The Labute approximate surface area is 159 Å². The van der Waals surface area contributed by atoms with Gasteiger partial charge in [-0.3, -0.25) is 14.7 Å². The van der Waals surface area contributed by atoms with E-state index in [1.807, 2.05) is 30.6 Å². The average molecular weight is 370 g/mol. The van der Waals surface area contributed by atoms with Gasteiger partial charge in [-0.1, -0.05) is 5.16 Å². The van der Waals surface area contributed by atoms with E-state index in [0.29, 0.717) is 31.7 Å². The number of hydrogen-bond acceptors (Lipinski definition) is 6. The fraction of sp³-hybridized carbons (Fsp3) is 0.550. The Morgan fingerprint density at radius 2 is 1.96 bits per heavy atom. The Kier molecular flexibility index (Phi) is 5.50. The van der Waals surface area contributed by atoms with E-state index in [2.05, 4.69) is 15.0 Å². The van der Waals surface area contributed by atoms with Gasteiger partial charge in [-0.2, -0.15) is 0 Å². The van der Waals surface area contributed by atoms with E-state index < -0.39 is 0 Å². The van der Waals surface area contributed by atoms with E-state index >= 15 is 0 Å². The van der Waals surface area contributed by atoms with Crippen molar-refractivity contribution in [3.63, 3.8) is 0 Å². The van der Waals surface area contributed by atoms with Crippen molar-refractivity contribution in [1.82, 2.24) is 19.9 Å². The molecule has 2 aliphatic heterocycles. The van der Waals surface area contributed by atoms with E-state index in [0.717, 1.165) is 38.2 Å². The van der Waals surface area contributed by atoms with Crippen LogP contribution in [0.15, 0.2) is 35.1 Å². The SMILES string of the molecule is O=C(c1cc([C@H]2CCCN(Cc3ccncc3)C2)no1)N1CCC(O)CC1. The zero-order valence-electron chi connectivity index (χ0n) is 15.5. The zero-order chi connectivity index (χ0) is 18.6. The third kappa shape index (κ3) is 4.36. The third-order valence-electron chi connectivity index (χ3n) is 5.57. The molecule has 2 saturated heterocycles. The molecule has 2 fully saturated rings. The smallest absolute Gasteiger partial charge is 0.292 e. The topological polar surface area (TPSA) is 82.7 Å². The second-order valence-corrected chi connectivity index (χ2v) is 7.57. The van der Waals surface area contributed by atoms with Crippen molar-refractivity contribution >= 4 is 5.91 Å². The van der Waals surface area contributed by atoms with Crippen LogP contribution in [-0.4, -0.2) is 63.2 Å². The van der Waals surface area contributed by atoms with Crippen LogP contribution < -0.4 is 0 Å².